The van der Waals surface area contributed by atoms with Crippen molar-refractivity contribution in [1.82, 2.24) is 0 Å². The van der Waals surface area contributed by atoms with Crippen LogP contribution in [0.4, 0.5) is 11.4 Å². The Morgan fingerprint density at radius 3 is 2.68 bits per heavy atom. The van der Waals surface area contributed by atoms with Gasteiger partial charge in [0, 0.05) is 23.9 Å². The van der Waals surface area contributed by atoms with Gasteiger partial charge in [0.25, 0.3) is 0 Å². The fourth-order valence-corrected chi connectivity index (χ4v) is 2.70. The number of ether oxygens (including phenoxy) is 1. The van der Waals surface area contributed by atoms with Crippen LogP contribution in [0.2, 0.25) is 0 Å². The molecule has 1 aromatic carbocycles. The Balaban J connectivity index is 1.99. The van der Waals surface area contributed by atoms with Crippen molar-refractivity contribution >= 4 is 34.5 Å². The quantitative estimate of drug-likeness (QED) is 0.859. The van der Waals surface area contributed by atoms with Gasteiger partial charge in [0.05, 0.1) is 12.8 Å². The lowest BCUT2D eigenvalue weighted by Gasteiger charge is -2.11. The molecule has 0 atom stereocenters. The SMILES string of the molecule is COc1ccc(NC(=O)CCc2cccs2)cc1NC(C)=O. The monoisotopic (exact) mass is 318 g/mol. The molecular weight excluding hydrogens is 300 g/mol. The third-order valence-corrected chi connectivity index (χ3v) is 3.91. The van der Waals surface area contributed by atoms with Crippen LogP contribution in [0.25, 0.3) is 0 Å². The van der Waals surface area contributed by atoms with Crippen LogP contribution in [0, 0.1) is 0 Å². The summed E-state index contributed by atoms with van der Waals surface area (Å²) in [6, 6.07) is 9.12. The first-order valence-electron chi connectivity index (χ1n) is 6.86. The molecule has 0 aliphatic carbocycles. The van der Waals surface area contributed by atoms with Gasteiger partial charge < -0.3 is 15.4 Å². The second-order valence-electron chi connectivity index (χ2n) is 4.72. The van der Waals surface area contributed by atoms with Gasteiger partial charge in [-0.3, -0.25) is 9.59 Å². The minimum atomic E-state index is -0.195. The molecule has 0 radical (unpaired) electrons. The Labute approximate surface area is 133 Å². The lowest BCUT2D eigenvalue weighted by atomic mass is 10.2. The first-order valence-corrected chi connectivity index (χ1v) is 7.74. The van der Waals surface area contributed by atoms with E-state index in [-0.39, 0.29) is 11.8 Å². The van der Waals surface area contributed by atoms with Crippen molar-refractivity contribution in [2.45, 2.75) is 19.8 Å². The van der Waals surface area contributed by atoms with E-state index < -0.39 is 0 Å². The Hall–Kier alpha value is -2.34. The molecule has 2 amide bonds. The summed E-state index contributed by atoms with van der Waals surface area (Å²) in [6.45, 7) is 1.42. The number of anilines is 2. The third-order valence-electron chi connectivity index (χ3n) is 2.97. The van der Waals surface area contributed by atoms with Crippen molar-refractivity contribution in [3.05, 3.63) is 40.6 Å². The number of carbonyl (C=O) groups excluding carboxylic acids is 2. The van der Waals surface area contributed by atoms with Gasteiger partial charge in [0.1, 0.15) is 5.75 Å². The minimum absolute atomic E-state index is 0.0626. The lowest BCUT2D eigenvalue weighted by Crippen LogP contribution is -2.13. The Morgan fingerprint density at radius 2 is 2.05 bits per heavy atom. The highest BCUT2D eigenvalue weighted by Gasteiger charge is 2.08. The number of nitrogens with one attached hydrogen (secondary N) is 2. The number of amides is 2. The average Bonchev–Trinajstić information content (AvgIpc) is 2.98. The summed E-state index contributed by atoms with van der Waals surface area (Å²) in [4.78, 5) is 24.4. The van der Waals surface area contributed by atoms with E-state index in [0.717, 1.165) is 6.42 Å². The molecule has 0 aliphatic heterocycles. The molecule has 22 heavy (non-hydrogen) atoms. The van der Waals surface area contributed by atoms with Crippen molar-refractivity contribution in [3.8, 4) is 5.75 Å². The van der Waals surface area contributed by atoms with E-state index in [2.05, 4.69) is 10.6 Å². The van der Waals surface area contributed by atoms with Crippen LogP contribution < -0.4 is 15.4 Å². The molecule has 5 nitrogen and oxygen atoms in total. The number of benzene rings is 1. The second-order valence-corrected chi connectivity index (χ2v) is 5.76. The molecule has 0 fully saturated rings. The zero-order chi connectivity index (χ0) is 15.9. The number of carbonyl (C=O) groups is 2. The molecular formula is C16H18N2O3S. The van der Waals surface area contributed by atoms with Crippen LogP contribution in [-0.4, -0.2) is 18.9 Å². The Kier molecular flexibility index (Phi) is 5.55. The maximum atomic E-state index is 12.0. The van der Waals surface area contributed by atoms with E-state index in [1.807, 2.05) is 17.5 Å². The van der Waals surface area contributed by atoms with Crippen LogP contribution in [0.15, 0.2) is 35.7 Å². The minimum Gasteiger partial charge on any atom is -0.495 e. The highest BCUT2D eigenvalue weighted by molar-refractivity contribution is 7.09. The van der Waals surface area contributed by atoms with Crippen LogP contribution in [-0.2, 0) is 16.0 Å². The maximum Gasteiger partial charge on any atom is 0.224 e. The van der Waals surface area contributed by atoms with Crippen molar-refractivity contribution in [3.63, 3.8) is 0 Å². The zero-order valence-electron chi connectivity index (χ0n) is 12.5. The molecule has 0 spiro atoms. The van der Waals surface area contributed by atoms with Gasteiger partial charge in [-0.05, 0) is 36.1 Å². The molecule has 0 saturated heterocycles. The smallest absolute Gasteiger partial charge is 0.224 e. The normalized spacial score (nSPS) is 10.1. The number of aryl methyl sites for hydroxylation is 1. The van der Waals surface area contributed by atoms with Crippen LogP contribution >= 0.6 is 11.3 Å². The van der Waals surface area contributed by atoms with E-state index >= 15 is 0 Å². The molecule has 2 aromatic rings. The van der Waals surface area contributed by atoms with Gasteiger partial charge in [-0.15, -0.1) is 11.3 Å². The summed E-state index contributed by atoms with van der Waals surface area (Å²) in [7, 11) is 1.53. The zero-order valence-corrected chi connectivity index (χ0v) is 13.3. The molecule has 2 rings (SSSR count). The number of methoxy groups -OCH3 is 1. The highest BCUT2D eigenvalue weighted by Crippen LogP contribution is 2.28. The predicted molar refractivity (Wildman–Crippen MR) is 88.6 cm³/mol. The molecule has 0 aliphatic rings. The largest absolute Gasteiger partial charge is 0.495 e. The molecule has 2 N–H and O–H groups in total. The van der Waals surface area contributed by atoms with E-state index in [1.165, 1.54) is 18.9 Å². The first-order chi connectivity index (χ1) is 10.6. The van der Waals surface area contributed by atoms with Crippen LogP contribution in [0.1, 0.15) is 18.2 Å². The summed E-state index contributed by atoms with van der Waals surface area (Å²) in [6.07, 6.45) is 1.14. The molecule has 116 valence electrons. The Bertz CT molecular complexity index is 653. The van der Waals surface area contributed by atoms with Crippen LogP contribution in [0.3, 0.4) is 0 Å². The van der Waals surface area contributed by atoms with E-state index in [9.17, 15) is 9.59 Å². The standard InChI is InChI=1S/C16H18N2O3S/c1-11(19)17-14-10-12(5-7-15(14)21-2)18-16(20)8-6-13-4-3-9-22-13/h3-5,7,9-10H,6,8H2,1-2H3,(H,17,19)(H,18,20). The number of thiophene rings is 1. The second kappa shape index (κ2) is 7.61. The Morgan fingerprint density at radius 1 is 1.23 bits per heavy atom. The van der Waals surface area contributed by atoms with Crippen molar-refractivity contribution < 1.29 is 14.3 Å². The molecule has 0 bridgehead atoms. The number of rotatable bonds is 6. The average molecular weight is 318 g/mol. The topological polar surface area (TPSA) is 67.4 Å². The molecule has 6 heteroatoms. The summed E-state index contributed by atoms with van der Waals surface area (Å²) in [5.41, 5.74) is 1.16. The van der Waals surface area contributed by atoms with Gasteiger partial charge in [0.2, 0.25) is 11.8 Å². The number of hydrogen-bond donors (Lipinski definition) is 2. The highest BCUT2D eigenvalue weighted by atomic mass is 32.1. The van der Waals surface area contributed by atoms with Gasteiger partial charge >= 0.3 is 0 Å². The van der Waals surface area contributed by atoms with Crippen molar-refractivity contribution in [2.24, 2.45) is 0 Å². The van der Waals surface area contributed by atoms with Gasteiger partial charge in [-0.1, -0.05) is 6.07 Å². The molecule has 1 heterocycles. The summed E-state index contributed by atoms with van der Waals surface area (Å²) >= 11 is 1.64. The summed E-state index contributed by atoms with van der Waals surface area (Å²) < 4.78 is 5.18. The van der Waals surface area contributed by atoms with Crippen molar-refractivity contribution in [1.29, 1.82) is 0 Å². The lowest BCUT2D eigenvalue weighted by molar-refractivity contribution is -0.116. The number of hydrogen-bond acceptors (Lipinski definition) is 4. The molecule has 0 saturated carbocycles. The van der Waals surface area contributed by atoms with Gasteiger partial charge in [-0.2, -0.15) is 0 Å². The maximum absolute atomic E-state index is 12.0. The first kappa shape index (κ1) is 16.0. The van der Waals surface area contributed by atoms with Crippen LogP contribution in [0.5, 0.6) is 5.75 Å². The van der Waals surface area contributed by atoms with E-state index in [1.54, 1.807) is 29.5 Å². The van der Waals surface area contributed by atoms with Gasteiger partial charge in [-0.25, -0.2) is 0 Å². The van der Waals surface area contributed by atoms with E-state index in [4.69, 9.17) is 4.74 Å². The third kappa shape index (κ3) is 4.60. The predicted octanol–water partition coefficient (Wildman–Crippen LogP) is 3.29. The summed E-state index contributed by atoms with van der Waals surface area (Å²) in [5.74, 6) is 0.290. The molecule has 0 unspecified atom stereocenters. The fourth-order valence-electron chi connectivity index (χ4n) is 1.99. The fraction of sp³-hybridized carbons (Fsp3) is 0.250. The summed E-state index contributed by atoms with van der Waals surface area (Å²) in [5, 5.41) is 7.50. The van der Waals surface area contributed by atoms with Crippen molar-refractivity contribution in [2.75, 3.05) is 17.7 Å². The molecule has 1 aromatic heterocycles. The van der Waals surface area contributed by atoms with E-state index in [0.29, 0.717) is 23.5 Å². The van der Waals surface area contributed by atoms with Gasteiger partial charge in [0.15, 0.2) is 0 Å².